The largest absolute Gasteiger partial charge is 0.405 e. The minimum absolute atomic E-state index is 0.0653. The van der Waals surface area contributed by atoms with Gasteiger partial charge >= 0.3 is 6.18 Å². The van der Waals surface area contributed by atoms with Gasteiger partial charge in [-0.15, -0.1) is 5.10 Å². The van der Waals surface area contributed by atoms with E-state index in [9.17, 15) is 13.2 Å². The average molecular weight is 316 g/mol. The fourth-order valence-corrected chi connectivity index (χ4v) is 1.84. The van der Waals surface area contributed by atoms with Crippen molar-refractivity contribution >= 4 is 23.2 Å². The van der Waals surface area contributed by atoms with Crippen LogP contribution in [0.4, 0.5) is 24.8 Å². The smallest absolute Gasteiger partial charge is 0.382 e. The molecule has 0 aliphatic carbocycles. The second-order valence-corrected chi connectivity index (χ2v) is 4.52. The summed E-state index contributed by atoms with van der Waals surface area (Å²) in [5.74, 6) is -0.295. The molecule has 0 saturated heterocycles. The van der Waals surface area contributed by atoms with Crippen molar-refractivity contribution in [1.29, 1.82) is 5.26 Å². The van der Waals surface area contributed by atoms with Crippen LogP contribution in [0.15, 0.2) is 24.3 Å². The molecule has 5 nitrogen and oxygen atoms in total. The summed E-state index contributed by atoms with van der Waals surface area (Å²) >= 11 is 5.84. The van der Waals surface area contributed by atoms with Crippen LogP contribution in [0.1, 0.15) is 5.56 Å². The lowest BCUT2D eigenvalue weighted by Crippen LogP contribution is -2.21. The number of nitrogens with zero attached hydrogens (tertiary/aromatic N) is 3. The lowest BCUT2D eigenvalue weighted by Gasteiger charge is -2.06. The number of aromatic nitrogens is 2. The third-order valence-corrected chi connectivity index (χ3v) is 2.78. The van der Waals surface area contributed by atoms with E-state index in [0.29, 0.717) is 10.7 Å². The second kappa shape index (κ2) is 5.54. The van der Waals surface area contributed by atoms with Crippen LogP contribution in [-0.2, 0) is 0 Å². The van der Waals surface area contributed by atoms with Crippen molar-refractivity contribution in [1.82, 2.24) is 9.78 Å². The summed E-state index contributed by atoms with van der Waals surface area (Å²) in [7, 11) is 0. The number of alkyl halides is 3. The molecule has 21 heavy (non-hydrogen) atoms. The molecule has 0 saturated carbocycles. The van der Waals surface area contributed by atoms with Crippen molar-refractivity contribution in [3.8, 4) is 11.8 Å². The van der Waals surface area contributed by atoms with Crippen LogP contribution in [0.5, 0.6) is 0 Å². The summed E-state index contributed by atoms with van der Waals surface area (Å²) in [6.45, 7) is -1.31. The maximum atomic E-state index is 12.2. The number of nitrogens with one attached hydrogen (secondary N) is 1. The normalized spacial score (nSPS) is 11.2. The van der Waals surface area contributed by atoms with Gasteiger partial charge in [-0.3, -0.25) is 0 Å². The minimum Gasteiger partial charge on any atom is -0.382 e. The summed E-state index contributed by atoms with van der Waals surface area (Å²) in [6.07, 6.45) is -4.43. The molecule has 1 heterocycles. The monoisotopic (exact) mass is 315 g/mol. The molecular weight excluding hydrogens is 307 g/mol. The van der Waals surface area contributed by atoms with Crippen molar-refractivity contribution in [3.05, 3.63) is 34.9 Å². The molecule has 2 rings (SSSR count). The maximum absolute atomic E-state index is 12.2. The highest BCUT2D eigenvalue weighted by atomic mass is 35.5. The van der Waals surface area contributed by atoms with Crippen molar-refractivity contribution in [2.75, 3.05) is 17.6 Å². The number of rotatable bonds is 3. The van der Waals surface area contributed by atoms with Crippen LogP contribution in [0.2, 0.25) is 5.02 Å². The summed E-state index contributed by atoms with van der Waals surface area (Å²) in [6, 6.07) is 8.13. The Bertz CT molecular complexity index is 702. The van der Waals surface area contributed by atoms with Gasteiger partial charge in [0.15, 0.2) is 5.82 Å². The molecule has 0 aliphatic heterocycles. The van der Waals surface area contributed by atoms with Gasteiger partial charge in [-0.05, 0) is 18.2 Å². The minimum atomic E-state index is -4.43. The quantitative estimate of drug-likeness (QED) is 0.912. The summed E-state index contributed by atoms with van der Waals surface area (Å²) in [5.41, 5.74) is 6.04. The molecule has 110 valence electrons. The Labute approximate surface area is 122 Å². The first kappa shape index (κ1) is 15.0. The number of anilines is 2. The van der Waals surface area contributed by atoms with Crippen molar-refractivity contribution < 1.29 is 13.2 Å². The van der Waals surface area contributed by atoms with Crippen molar-refractivity contribution in [3.63, 3.8) is 0 Å². The van der Waals surface area contributed by atoms with E-state index in [1.807, 2.05) is 0 Å². The van der Waals surface area contributed by atoms with Gasteiger partial charge in [0.2, 0.25) is 0 Å². The predicted octanol–water partition coefficient (Wildman–Crippen LogP) is 2.95. The molecule has 0 spiro atoms. The Kier molecular flexibility index (Phi) is 3.95. The summed E-state index contributed by atoms with van der Waals surface area (Å²) in [4.78, 5) is 0. The zero-order valence-electron chi connectivity index (χ0n) is 10.4. The lowest BCUT2D eigenvalue weighted by molar-refractivity contribution is -0.115. The van der Waals surface area contributed by atoms with Gasteiger partial charge in [0.1, 0.15) is 24.0 Å². The van der Waals surface area contributed by atoms with E-state index in [1.54, 1.807) is 24.3 Å². The van der Waals surface area contributed by atoms with Gasteiger partial charge < -0.3 is 11.1 Å². The van der Waals surface area contributed by atoms with E-state index in [0.717, 1.165) is 4.68 Å². The van der Waals surface area contributed by atoms with E-state index in [4.69, 9.17) is 22.6 Å². The maximum Gasteiger partial charge on any atom is 0.405 e. The third kappa shape index (κ3) is 3.38. The molecule has 0 radical (unpaired) electrons. The van der Waals surface area contributed by atoms with E-state index < -0.39 is 12.7 Å². The third-order valence-electron chi connectivity index (χ3n) is 2.54. The van der Waals surface area contributed by atoms with E-state index in [1.165, 1.54) is 6.07 Å². The van der Waals surface area contributed by atoms with Crippen LogP contribution < -0.4 is 11.1 Å². The highest BCUT2D eigenvalue weighted by molar-refractivity contribution is 6.30. The Hall–Kier alpha value is -2.40. The molecule has 0 unspecified atom stereocenters. The highest BCUT2D eigenvalue weighted by Gasteiger charge is 2.28. The first-order valence-electron chi connectivity index (χ1n) is 5.67. The van der Waals surface area contributed by atoms with E-state index >= 15 is 0 Å². The molecular formula is C12H9ClF3N5. The Morgan fingerprint density at radius 1 is 1.43 bits per heavy atom. The Morgan fingerprint density at radius 2 is 2.14 bits per heavy atom. The SMILES string of the molecule is N#Cc1c(NCC(F)(F)F)nn(-c2cccc(Cl)c2)c1N. The highest BCUT2D eigenvalue weighted by Crippen LogP contribution is 2.26. The molecule has 0 atom stereocenters. The standard InChI is InChI=1S/C12H9ClF3N5/c13-7-2-1-3-8(4-7)21-10(18)9(5-17)11(20-21)19-6-12(14,15)16/h1-4H,6,18H2,(H,19,20). The molecule has 9 heteroatoms. The van der Waals surface area contributed by atoms with Crippen molar-refractivity contribution in [2.24, 2.45) is 0 Å². The van der Waals surface area contributed by atoms with Crippen molar-refractivity contribution in [2.45, 2.75) is 6.18 Å². The van der Waals surface area contributed by atoms with Gasteiger partial charge in [0.25, 0.3) is 0 Å². The van der Waals surface area contributed by atoms with E-state index in [2.05, 4.69) is 10.4 Å². The van der Waals surface area contributed by atoms with Crippen LogP contribution in [0.3, 0.4) is 0 Å². The van der Waals surface area contributed by atoms with Crippen LogP contribution in [0.25, 0.3) is 5.69 Å². The average Bonchev–Trinajstić information content (AvgIpc) is 2.72. The zero-order chi connectivity index (χ0) is 15.6. The van der Waals surface area contributed by atoms with Crippen LogP contribution in [0, 0.1) is 11.3 Å². The predicted molar refractivity (Wildman–Crippen MR) is 72.2 cm³/mol. The Morgan fingerprint density at radius 3 is 2.71 bits per heavy atom. The van der Waals surface area contributed by atoms with E-state index in [-0.39, 0.29) is 17.2 Å². The second-order valence-electron chi connectivity index (χ2n) is 4.08. The zero-order valence-corrected chi connectivity index (χ0v) is 11.2. The number of halogens is 4. The van der Waals surface area contributed by atoms with Gasteiger partial charge in [0.05, 0.1) is 5.69 Å². The molecule has 3 N–H and O–H groups in total. The fourth-order valence-electron chi connectivity index (χ4n) is 1.65. The molecule has 1 aromatic carbocycles. The number of benzene rings is 1. The summed E-state index contributed by atoms with van der Waals surface area (Å²) < 4.78 is 37.9. The molecule has 0 aliphatic rings. The molecule has 2 aromatic rings. The van der Waals surface area contributed by atoms with Gasteiger partial charge in [-0.1, -0.05) is 17.7 Å². The van der Waals surface area contributed by atoms with Crippen LogP contribution in [-0.4, -0.2) is 22.5 Å². The molecule has 0 bridgehead atoms. The number of nitriles is 1. The first-order chi connectivity index (χ1) is 9.81. The first-order valence-corrected chi connectivity index (χ1v) is 6.05. The van der Waals surface area contributed by atoms with Gasteiger partial charge in [-0.25, -0.2) is 4.68 Å². The fraction of sp³-hybridized carbons (Fsp3) is 0.167. The van der Waals surface area contributed by atoms with Gasteiger partial charge in [-0.2, -0.15) is 18.4 Å². The number of hydrogen-bond donors (Lipinski definition) is 2. The van der Waals surface area contributed by atoms with Gasteiger partial charge in [0, 0.05) is 5.02 Å². The topological polar surface area (TPSA) is 79.7 Å². The molecule has 0 fully saturated rings. The number of hydrogen-bond acceptors (Lipinski definition) is 4. The summed E-state index contributed by atoms with van der Waals surface area (Å²) in [5, 5.41) is 15.4. The lowest BCUT2D eigenvalue weighted by atomic mass is 10.3. The Balaban J connectivity index is 2.41. The number of nitrogens with two attached hydrogens (primary N) is 1. The number of nitrogen functional groups attached to an aromatic ring is 1. The van der Waals surface area contributed by atoms with Crippen LogP contribution >= 0.6 is 11.6 Å². The molecule has 0 amide bonds. The molecule has 1 aromatic heterocycles.